The highest BCUT2D eigenvalue weighted by Gasteiger charge is 2.15. The van der Waals surface area contributed by atoms with Gasteiger partial charge in [0.05, 0.1) is 24.5 Å². The average molecular weight is 539 g/mol. The van der Waals surface area contributed by atoms with Crippen LogP contribution >= 0.6 is 11.3 Å². The van der Waals surface area contributed by atoms with Crippen LogP contribution in [0, 0.1) is 0 Å². The molecule has 0 spiro atoms. The monoisotopic (exact) mass is 538 g/mol. The van der Waals surface area contributed by atoms with Crippen molar-refractivity contribution in [2.45, 2.75) is 13.0 Å². The Labute approximate surface area is 231 Å². The highest BCUT2D eigenvalue weighted by molar-refractivity contribution is 7.24. The van der Waals surface area contributed by atoms with Gasteiger partial charge >= 0.3 is 0 Å². The van der Waals surface area contributed by atoms with Gasteiger partial charge in [0.25, 0.3) is 5.91 Å². The van der Waals surface area contributed by atoms with Crippen LogP contribution in [0.25, 0.3) is 20.2 Å². The molecule has 0 saturated carbocycles. The molecule has 6 nitrogen and oxygen atoms in total. The first-order chi connectivity index (χ1) is 19.0. The van der Waals surface area contributed by atoms with Gasteiger partial charge in [0, 0.05) is 34.2 Å². The number of benzene rings is 4. The molecule has 0 atom stereocenters. The van der Waals surface area contributed by atoms with Crippen LogP contribution < -0.4 is 20.2 Å². The van der Waals surface area contributed by atoms with E-state index in [1.54, 1.807) is 32.4 Å². The van der Waals surface area contributed by atoms with Gasteiger partial charge < -0.3 is 19.7 Å². The number of hydrogen-bond acceptors (Lipinski definition) is 6. The van der Waals surface area contributed by atoms with Gasteiger partial charge in [-0.3, -0.25) is 9.59 Å². The molecule has 1 aromatic heterocycles. The lowest BCUT2D eigenvalue weighted by molar-refractivity contribution is 0.102. The van der Waals surface area contributed by atoms with E-state index in [9.17, 15) is 9.59 Å². The number of ether oxygens (including phenoxy) is 2. The number of amides is 1. The third-order valence-corrected chi connectivity index (χ3v) is 7.96. The maximum absolute atomic E-state index is 13.2. The van der Waals surface area contributed by atoms with Gasteiger partial charge in [-0.2, -0.15) is 0 Å². The minimum Gasteiger partial charge on any atom is -0.493 e. The summed E-state index contributed by atoms with van der Waals surface area (Å²) in [6, 6.07) is 26.7. The van der Waals surface area contributed by atoms with Gasteiger partial charge in [0.2, 0.25) is 0 Å². The summed E-state index contributed by atoms with van der Waals surface area (Å²) in [5.41, 5.74) is 3.50. The van der Waals surface area contributed by atoms with Gasteiger partial charge in [0.1, 0.15) is 0 Å². The standard InChI is InChI=1S/C32H30N2O4S/c1-34(20-22-13-16-27(37-2)28(19-22)38-3)18-17-21-11-14-23(15-12-21)33-32(36)26-9-6-8-25-30(35)24-7-4-5-10-29(24)39-31(25)26/h4-16,19H,17-18,20H2,1-3H3,(H,33,36). The third-order valence-electron chi connectivity index (χ3n) is 6.74. The van der Waals surface area contributed by atoms with Crippen LogP contribution in [0.4, 0.5) is 5.69 Å². The number of methoxy groups -OCH3 is 2. The number of carbonyl (C=O) groups excluding carboxylic acids is 1. The number of anilines is 1. The molecule has 1 heterocycles. The number of fused-ring (bicyclic) bond motifs is 2. The van der Waals surface area contributed by atoms with Crippen molar-refractivity contribution in [1.29, 1.82) is 0 Å². The molecule has 5 aromatic rings. The highest BCUT2D eigenvalue weighted by atomic mass is 32.1. The predicted octanol–water partition coefficient (Wildman–Crippen LogP) is 6.36. The van der Waals surface area contributed by atoms with Crippen LogP contribution in [-0.2, 0) is 13.0 Å². The largest absolute Gasteiger partial charge is 0.493 e. The van der Waals surface area contributed by atoms with E-state index in [-0.39, 0.29) is 11.3 Å². The summed E-state index contributed by atoms with van der Waals surface area (Å²) < 4.78 is 12.3. The van der Waals surface area contributed by atoms with Crippen LogP contribution in [0.2, 0.25) is 0 Å². The summed E-state index contributed by atoms with van der Waals surface area (Å²) in [6.45, 7) is 1.67. The predicted molar refractivity (Wildman–Crippen MR) is 160 cm³/mol. The second-order valence-corrected chi connectivity index (χ2v) is 10.5. The van der Waals surface area contributed by atoms with Crippen molar-refractivity contribution >= 4 is 43.1 Å². The molecule has 1 amide bonds. The van der Waals surface area contributed by atoms with Crippen LogP contribution in [0.15, 0.2) is 89.7 Å². The third kappa shape index (κ3) is 5.79. The molecule has 198 valence electrons. The van der Waals surface area contributed by atoms with E-state index < -0.39 is 0 Å². The van der Waals surface area contributed by atoms with E-state index in [1.165, 1.54) is 16.9 Å². The number of likely N-dealkylation sites (N-methyl/N-ethyl adjacent to an activating group) is 1. The summed E-state index contributed by atoms with van der Waals surface area (Å²) in [5.74, 6) is 1.22. The minimum absolute atomic E-state index is 0.0468. The molecule has 0 aliphatic rings. The Morgan fingerprint density at radius 1 is 0.846 bits per heavy atom. The summed E-state index contributed by atoms with van der Waals surface area (Å²) in [6.07, 6.45) is 0.877. The Morgan fingerprint density at radius 2 is 1.56 bits per heavy atom. The summed E-state index contributed by atoms with van der Waals surface area (Å²) in [7, 11) is 5.37. The lowest BCUT2D eigenvalue weighted by atomic mass is 10.1. The smallest absolute Gasteiger partial charge is 0.257 e. The fourth-order valence-corrected chi connectivity index (χ4v) is 5.82. The second-order valence-electron chi connectivity index (χ2n) is 9.44. The summed E-state index contributed by atoms with van der Waals surface area (Å²) in [4.78, 5) is 28.4. The molecule has 7 heteroatoms. The molecule has 0 aliphatic heterocycles. The molecule has 0 bridgehead atoms. The van der Waals surface area contributed by atoms with E-state index in [1.807, 2.05) is 66.7 Å². The maximum Gasteiger partial charge on any atom is 0.257 e. The molecule has 0 unspecified atom stereocenters. The molecule has 1 N–H and O–H groups in total. The average Bonchev–Trinajstić information content (AvgIpc) is 2.96. The molecule has 0 saturated heterocycles. The van der Waals surface area contributed by atoms with E-state index in [0.29, 0.717) is 26.7 Å². The summed E-state index contributed by atoms with van der Waals surface area (Å²) in [5, 5.41) is 4.24. The fourth-order valence-electron chi connectivity index (χ4n) is 4.65. The van der Waals surface area contributed by atoms with E-state index in [0.717, 1.165) is 41.3 Å². The number of carbonyl (C=O) groups is 1. The van der Waals surface area contributed by atoms with Crippen molar-refractivity contribution in [2.24, 2.45) is 0 Å². The van der Waals surface area contributed by atoms with Crippen molar-refractivity contribution in [3.05, 3.63) is 112 Å². The molecule has 5 rings (SSSR count). The van der Waals surface area contributed by atoms with Crippen molar-refractivity contribution in [2.75, 3.05) is 33.1 Å². The van der Waals surface area contributed by atoms with E-state index >= 15 is 0 Å². The van der Waals surface area contributed by atoms with E-state index in [2.05, 4.69) is 17.3 Å². The molecular formula is C32H30N2O4S. The first-order valence-electron chi connectivity index (χ1n) is 12.7. The van der Waals surface area contributed by atoms with Crippen LogP contribution in [0.5, 0.6) is 11.5 Å². The molecule has 0 radical (unpaired) electrons. The van der Waals surface area contributed by atoms with Gasteiger partial charge in [-0.05, 0) is 73.1 Å². The summed E-state index contributed by atoms with van der Waals surface area (Å²) >= 11 is 1.47. The first kappa shape index (κ1) is 26.4. The van der Waals surface area contributed by atoms with Crippen molar-refractivity contribution in [3.63, 3.8) is 0 Å². The SMILES string of the molecule is COc1ccc(CN(C)CCc2ccc(NC(=O)c3cccc4c(=O)c5ccccc5sc34)cc2)cc1OC. The lowest BCUT2D eigenvalue weighted by Gasteiger charge is -2.18. The zero-order valence-electron chi connectivity index (χ0n) is 22.2. The molecule has 39 heavy (non-hydrogen) atoms. The zero-order valence-corrected chi connectivity index (χ0v) is 23.0. The van der Waals surface area contributed by atoms with Crippen molar-refractivity contribution < 1.29 is 14.3 Å². The Hall–Kier alpha value is -4.20. The topological polar surface area (TPSA) is 67.9 Å². The number of hydrogen-bond donors (Lipinski definition) is 1. The molecular weight excluding hydrogens is 508 g/mol. The van der Waals surface area contributed by atoms with E-state index in [4.69, 9.17) is 9.47 Å². The maximum atomic E-state index is 13.2. The fraction of sp³-hybridized carbons (Fsp3) is 0.188. The Balaban J connectivity index is 1.23. The first-order valence-corrected chi connectivity index (χ1v) is 13.5. The Bertz CT molecular complexity index is 1700. The Kier molecular flexibility index (Phi) is 7.91. The van der Waals surface area contributed by atoms with Gasteiger partial charge in [-0.1, -0.05) is 36.4 Å². The van der Waals surface area contributed by atoms with Gasteiger partial charge in [-0.15, -0.1) is 11.3 Å². The minimum atomic E-state index is -0.228. The van der Waals surface area contributed by atoms with Crippen molar-refractivity contribution in [3.8, 4) is 11.5 Å². The number of nitrogens with one attached hydrogen (secondary N) is 1. The highest BCUT2D eigenvalue weighted by Crippen LogP contribution is 2.29. The van der Waals surface area contributed by atoms with Crippen LogP contribution in [0.3, 0.4) is 0 Å². The Morgan fingerprint density at radius 3 is 2.33 bits per heavy atom. The van der Waals surface area contributed by atoms with Gasteiger partial charge in [-0.25, -0.2) is 0 Å². The zero-order chi connectivity index (χ0) is 27.4. The number of nitrogens with zero attached hydrogens (tertiary/aromatic N) is 1. The van der Waals surface area contributed by atoms with Crippen LogP contribution in [-0.4, -0.2) is 38.6 Å². The quantitative estimate of drug-likeness (QED) is 0.221. The van der Waals surface area contributed by atoms with Crippen molar-refractivity contribution in [1.82, 2.24) is 4.90 Å². The van der Waals surface area contributed by atoms with Gasteiger partial charge in [0.15, 0.2) is 16.9 Å². The number of rotatable bonds is 9. The van der Waals surface area contributed by atoms with Crippen LogP contribution in [0.1, 0.15) is 21.5 Å². The lowest BCUT2D eigenvalue weighted by Crippen LogP contribution is -2.20. The normalized spacial score (nSPS) is 11.2. The molecule has 4 aromatic carbocycles. The molecule has 0 fully saturated rings. The molecule has 0 aliphatic carbocycles. The second kappa shape index (κ2) is 11.7.